The highest BCUT2D eigenvalue weighted by atomic mass is 16.6. The molecule has 2 N–H and O–H groups in total. The largest absolute Gasteiger partial charge is 0.481 e. The number of Topliss-reactive ketones (excluding diaryl/α,β-unsaturated/α-hetero) is 1. The van der Waals surface area contributed by atoms with E-state index in [4.69, 9.17) is 9.94 Å². The van der Waals surface area contributed by atoms with Gasteiger partial charge in [-0.3, -0.25) is 14.4 Å². The van der Waals surface area contributed by atoms with Gasteiger partial charge in [-0.05, 0) is 125 Å². The molecule has 0 unspecified atom stereocenters. The van der Waals surface area contributed by atoms with Gasteiger partial charge in [-0.25, -0.2) is 0 Å². The van der Waals surface area contributed by atoms with Gasteiger partial charge in [0.05, 0.1) is 11.6 Å². The van der Waals surface area contributed by atoms with Gasteiger partial charge >= 0.3 is 5.97 Å². The van der Waals surface area contributed by atoms with Crippen molar-refractivity contribution in [3.63, 3.8) is 0 Å². The number of carboxylic acids is 1. The third-order valence-electron chi connectivity index (χ3n) is 11.6. The number of hydrogen-bond donors (Lipinski definition) is 2. The zero-order valence-corrected chi connectivity index (χ0v) is 23.5. The normalized spacial score (nSPS) is 41.3. The van der Waals surface area contributed by atoms with Crippen LogP contribution in [0.25, 0.3) is 0 Å². The van der Waals surface area contributed by atoms with Crippen molar-refractivity contribution in [2.45, 2.75) is 97.8 Å². The van der Waals surface area contributed by atoms with E-state index in [-0.39, 0.29) is 35.2 Å². The minimum Gasteiger partial charge on any atom is -0.481 e. The van der Waals surface area contributed by atoms with E-state index in [1.54, 1.807) is 6.92 Å². The molecular formula is C31H46N2O5. The summed E-state index contributed by atoms with van der Waals surface area (Å²) < 4.78 is 0. The highest BCUT2D eigenvalue weighted by Crippen LogP contribution is 2.66. The molecule has 1 amide bonds. The van der Waals surface area contributed by atoms with Crippen LogP contribution in [-0.4, -0.2) is 41.6 Å². The summed E-state index contributed by atoms with van der Waals surface area (Å²) in [5.41, 5.74) is 2.83. The lowest BCUT2D eigenvalue weighted by atomic mass is 9.46. The van der Waals surface area contributed by atoms with Gasteiger partial charge in [0.2, 0.25) is 0 Å². The van der Waals surface area contributed by atoms with Crippen LogP contribution < -0.4 is 5.32 Å². The van der Waals surface area contributed by atoms with Gasteiger partial charge in [-0.2, -0.15) is 0 Å². The Morgan fingerprint density at radius 3 is 2.47 bits per heavy atom. The number of hydrogen-bond acceptors (Lipinski definition) is 5. The molecule has 0 aromatic carbocycles. The zero-order valence-electron chi connectivity index (χ0n) is 23.5. The fourth-order valence-corrected chi connectivity index (χ4v) is 9.41. The molecule has 0 spiro atoms. The molecule has 0 bridgehead atoms. The first-order valence-electron chi connectivity index (χ1n) is 15.0. The summed E-state index contributed by atoms with van der Waals surface area (Å²) in [6.45, 7) is 7.16. The van der Waals surface area contributed by atoms with E-state index < -0.39 is 5.97 Å². The third kappa shape index (κ3) is 5.06. The molecule has 5 aliphatic carbocycles. The van der Waals surface area contributed by atoms with E-state index >= 15 is 0 Å². The molecule has 210 valence electrons. The lowest BCUT2D eigenvalue weighted by Crippen LogP contribution is -2.51. The number of oxime groups is 1. The summed E-state index contributed by atoms with van der Waals surface area (Å²) in [6, 6.07) is 0. The average molecular weight is 527 g/mol. The molecule has 4 saturated carbocycles. The van der Waals surface area contributed by atoms with Crippen molar-refractivity contribution in [1.29, 1.82) is 0 Å². The second kappa shape index (κ2) is 10.8. The molecule has 0 saturated heterocycles. The molecule has 4 fully saturated rings. The van der Waals surface area contributed by atoms with Crippen LogP contribution in [0.2, 0.25) is 0 Å². The van der Waals surface area contributed by atoms with E-state index in [0.29, 0.717) is 42.9 Å². The van der Waals surface area contributed by atoms with Gasteiger partial charge in [0.15, 0.2) is 6.61 Å². The third-order valence-corrected chi connectivity index (χ3v) is 11.6. The Hall–Kier alpha value is -2.18. The summed E-state index contributed by atoms with van der Waals surface area (Å²) in [6.07, 6.45) is 14.2. The summed E-state index contributed by atoms with van der Waals surface area (Å²) in [5.74, 6) is 1.96. The SMILES string of the molecule is CC(=O)[C@H]1CC[C@H]2[C@@H]3CCC4=C/C(=N/OCC(=O)NCC5CCC(C(=O)O)CC5)CC[C@]4(C)[C@H]3CC[C@]12C. The molecular weight excluding hydrogens is 480 g/mol. The maximum absolute atomic E-state index is 12.4. The summed E-state index contributed by atoms with van der Waals surface area (Å²) in [4.78, 5) is 41.2. The van der Waals surface area contributed by atoms with Crippen LogP contribution in [0.3, 0.4) is 0 Å². The number of carbonyl (C=O) groups is 3. The molecule has 38 heavy (non-hydrogen) atoms. The number of ketones is 1. The first kappa shape index (κ1) is 27.4. The van der Waals surface area contributed by atoms with Crippen molar-refractivity contribution in [1.82, 2.24) is 5.32 Å². The van der Waals surface area contributed by atoms with Gasteiger partial charge in [0.25, 0.3) is 5.91 Å². The van der Waals surface area contributed by atoms with Gasteiger partial charge < -0.3 is 15.3 Å². The molecule has 0 aliphatic heterocycles. The maximum atomic E-state index is 12.4. The van der Waals surface area contributed by atoms with Crippen LogP contribution in [0, 0.1) is 46.3 Å². The van der Waals surface area contributed by atoms with Crippen molar-refractivity contribution in [3.05, 3.63) is 11.6 Å². The standard InChI is InChI=1S/C31H46N2O5/c1-19(34)25-10-11-26-24-9-8-22-16-23(12-14-30(22,2)27(24)13-15-31(25,26)3)33-38-18-28(35)32-17-20-4-6-21(7-5-20)29(36)37/h16,20-21,24-27H,4-15,17-18H2,1-3H3,(H,32,35)(H,36,37)/b33-23+/t20?,21?,24-,25+,26-,27-,30-,31+/m0/s1. The van der Waals surface area contributed by atoms with Crippen LogP contribution >= 0.6 is 0 Å². The zero-order chi connectivity index (χ0) is 27.1. The topological polar surface area (TPSA) is 105 Å². The maximum Gasteiger partial charge on any atom is 0.306 e. The molecule has 0 heterocycles. The van der Waals surface area contributed by atoms with Gasteiger partial charge in [0.1, 0.15) is 5.78 Å². The monoisotopic (exact) mass is 526 g/mol. The molecule has 0 aromatic heterocycles. The van der Waals surface area contributed by atoms with Crippen molar-refractivity contribution in [2.75, 3.05) is 13.2 Å². The minimum absolute atomic E-state index is 0.0866. The summed E-state index contributed by atoms with van der Waals surface area (Å²) in [7, 11) is 0. The second-order valence-corrected chi connectivity index (χ2v) is 13.5. The Morgan fingerprint density at radius 2 is 1.76 bits per heavy atom. The van der Waals surface area contributed by atoms with Crippen molar-refractivity contribution in [3.8, 4) is 0 Å². The molecule has 5 rings (SSSR count). The Balaban J connectivity index is 1.13. The second-order valence-electron chi connectivity index (χ2n) is 13.5. The Morgan fingerprint density at radius 1 is 1.00 bits per heavy atom. The van der Waals surface area contributed by atoms with Crippen molar-refractivity contribution in [2.24, 2.45) is 51.5 Å². The molecule has 7 heteroatoms. The molecule has 6 atom stereocenters. The van der Waals surface area contributed by atoms with E-state index in [1.165, 1.54) is 31.3 Å². The Kier molecular flexibility index (Phi) is 7.76. The fourth-order valence-electron chi connectivity index (χ4n) is 9.41. The smallest absolute Gasteiger partial charge is 0.306 e. The number of carboxylic acid groups (broad SMARTS) is 1. The number of carbonyl (C=O) groups excluding carboxylic acids is 2. The van der Waals surface area contributed by atoms with Crippen LogP contribution in [0.4, 0.5) is 0 Å². The van der Waals surface area contributed by atoms with E-state index in [1.807, 2.05) is 0 Å². The molecule has 0 radical (unpaired) electrons. The van der Waals surface area contributed by atoms with E-state index in [9.17, 15) is 14.4 Å². The first-order valence-corrected chi connectivity index (χ1v) is 15.0. The van der Waals surface area contributed by atoms with Crippen molar-refractivity contribution >= 4 is 23.4 Å². The van der Waals surface area contributed by atoms with Crippen LogP contribution in [0.15, 0.2) is 16.8 Å². The van der Waals surface area contributed by atoms with Crippen LogP contribution in [0.1, 0.15) is 97.8 Å². The van der Waals surface area contributed by atoms with Gasteiger partial charge in [-0.15, -0.1) is 0 Å². The number of nitrogens with zero attached hydrogens (tertiary/aromatic N) is 1. The number of aliphatic carboxylic acids is 1. The van der Waals surface area contributed by atoms with Crippen LogP contribution in [-0.2, 0) is 19.2 Å². The van der Waals surface area contributed by atoms with Gasteiger partial charge in [0, 0.05) is 12.5 Å². The summed E-state index contributed by atoms with van der Waals surface area (Å²) in [5, 5.41) is 16.4. The highest BCUT2D eigenvalue weighted by molar-refractivity contribution is 5.96. The predicted octanol–water partition coefficient (Wildman–Crippen LogP) is 5.53. The lowest BCUT2D eigenvalue weighted by Gasteiger charge is -2.58. The molecule has 5 aliphatic rings. The van der Waals surface area contributed by atoms with E-state index in [2.05, 4.69) is 30.4 Å². The quantitative estimate of drug-likeness (QED) is 0.424. The number of allylic oxidation sites excluding steroid dienone is 2. The predicted molar refractivity (Wildman–Crippen MR) is 145 cm³/mol. The Labute approximate surface area is 227 Å². The fraction of sp³-hybridized carbons (Fsp3) is 0.806. The number of rotatable bonds is 7. The molecule has 7 nitrogen and oxygen atoms in total. The van der Waals surface area contributed by atoms with Crippen molar-refractivity contribution < 1.29 is 24.3 Å². The highest BCUT2D eigenvalue weighted by Gasteiger charge is 2.59. The number of nitrogens with one attached hydrogen (secondary N) is 1. The Bertz CT molecular complexity index is 1010. The molecule has 0 aromatic rings. The number of amides is 1. The number of fused-ring (bicyclic) bond motifs is 5. The minimum atomic E-state index is -0.704. The first-order chi connectivity index (χ1) is 18.1. The van der Waals surface area contributed by atoms with E-state index in [0.717, 1.165) is 50.2 Å². The average Bonchev–Trinajstić information content (AvgIpc) is 3.25. The lowest BCUT2D eigenvalue weighted by molar-refractivity contribution is -0.143. The summed E-state index contributed by atoms with van der Waals surface area (Å²) >= 11 is 0. The van der Waals surface area contributed by atoms with Gasteiger partial charge in [-0.1, -0.05) is 24.6 Å². The van der Waals surface area contributed by atoms with Crippen LogP contribution in [0.5, 0.6) is 0 Å².